The lowest BCUT2D eigenvalue weighted by atomic mass is 10.2. The zero-order chi connectivity index (χ0) is 18.1. The van der Waals surface area contributed by atoms with Crippen LogP contribution in [0.4, 0.5) is 0 Å². The van der Waals surface area contributed by atoms with Gasteiger partial charge in [-0.1, -0.05) is 24.3 Å². The molecule has 0 saturated carbocycles. The van der Waals surface area contributed by atoms with Gasteiger partial charge in [-0.15, -0.1) is 0 Å². The zero-order valence-corrected chi connectivity index (χ0v) is 13.9. The first kappa shape index (κ1) is 19.2. The molecule has 1 rings (SSSR count). The van der Waals surface area contributed by atoms with Crippen LogP contribution in [0.1, 0.15) is 24.2 Å². The monoisotopic (exact) mass is 334 g/mol. The summed E-state index contributed by atoms with van der Waals surface area (Å²) in [6.45, 7) is 7.56. The van der Waals surface area contributed by atoms with Gasteiger partial charge in [0.1, 0.15) is 11.3 Å². The number of likely N-dealkylation sites (N-methyl/N-ethyl adjacent to an activating group) is 1. The topological polar surface area (TPSA) is 98.9 Å². The van der Waals surface area contributed by atoms with E-state index in [4.69, 9.17) is 15.2 Å². The summed E-state index contributed by atoms with van der Waals surface area (Å²) in [5, 5.41) is 0. The van der Waals surface area contributed by atoms with Crippen LogP contribution in [0.5, 0.6) is 5.75 Å². The molecule has 1 aromatic rings. The number of carbonyl (C=O) groups excluding carboxylic acids is 3. The minimum atomic E-state index is -0.713. The van der Waals surface area contributed by atoms with Crippen molar-refractivity contribution in [1.29, 1.82) is 0 Å². The number of nitrogens with two attached hydrogens (primary N) is 1. The van der Waals surface area contributed by atoms with E-state index in [1.165, 1.54) is 17.0 Å². The number of ether oxygens (including phenoxy) is 2. The number of amides is 2. The predicted molar refractivity (Wildman–Crippen MR) is 88.5 cm³/mol. The van der Waals surface area contributed by atoms with Gasteiger partial charge in [0.05, 0.1) is 0 Å². The van der Waals surface area contributed by atoms with Gasteiger partial charge in [0.15, 0.2) is 13.2 Å². The molecule has 0 atom stereocenters. The van der Waals surface area contributed by atoms with Gasteiger partial charge in [-0.05, 0) is 26.0 Å². The number of benzene rings is 1. The van der Waals surface area contributed by atoms with Crippen LogP contribution in [0.2, 0.25) is 0 Å². The highest BCUT2D eigenvalue weighted by Crippen LogP contribution is 2.19. The second-order valence-electron chi connectivity index (χ2n) is 5.19. The minimum Gasteiger partial charge on any atom is -0.483 e. The smallest absolute Gasteiger partial charge is 0.342 e. The lowest BCUT2D eigenvalue weighted by Gasteiger charge is -2.20. The molecule has 0 unspecified atom stereocenters. The highest BCUT2D eigenvalue weighted by molar-refractivity contribution is 5.94. The standard InChI is InChI=1S/C17H22N2O5/c1-4-19(9-12(2)3)16(21)11-24-17(22)13-7-5-6-8-14(13)23-10-15(18)20/h5-8H,2,4,9-11H2,1,3H3,(H2,18,20). The Morgan fingerprint density at radius 3 is 2.46 bits per heavy atom. The average molecular weight is 334 g/mol. The van der Waals surface area contributed by atoms with Gasteiger partial charge in [-0.25, -0.2) is 4.79 Å². The maximum Gasteiger partial charge on any atom is 0.342 e. The third kappa shape index (κ3) is 6.12. The Hall–Kier alpha value is -2.83. The number of hydrogen-bond acceptors (Lipinski definition) is 5. The number of hydrogen-bond donors (Lipinski definition) is 1. The third-order valence-electron chi connectivity index (χ3n) is 3.00. The lowest BCUT2D eigenvalue weighted by molar-refractivity contribution is -0.133. The molecule has 0 aliphatic rings. The highest BCUT2D eigenvalue weighted by Gasteiger charge is 2.18. The van der Waals surface area contributed by atoms with E-state index in [9.17, 15) is 14.4 Å². The Labute approximate surface area is 141 Å². The van der Waals surface area contributed by atoms with Crippen molar-refractivity contribution in [1.82, 2.24) is 4.90 Å². The summed E-state index contributed by atoms with van der Waals surface area (Å²) >= 11 is 0. The molecule has 0 aliphatic heterocycles. The van der Waals surface area contributed by atoms with Crippen LogP contribution in [0.15, 0.2) is 36.4 Å². The van der Waals surface area contributed by atoms with Crippen LogP contribution in [-0.4, -0.2) is 49.0 Å². The van der Waals surface area contributed by atoms with Crippen molar-refractivity contribution in [3.8, 4) is 5.75 Å². The minimum absolute atomic E-state index is 0.120. The van der Waals surface area contributed by atoms with Gasteiger partial charge in [0.2, 0.25) is 0 Å². The summed E-state index contributed by atoms with van der Waals surface area (Å²) < 4.78 is 10.2. The van der Waals surface area contributed by atoms with Gasteiger partial charge in [-0.3, -0.25) is 9.59 Å². The Morgan fingerprint density at radius 2 is 1.88 bits per heavy atom. The molecule has 7 heteroatoms. The molecule has 0 aromatic heterocycles. The average Bonchev–Trinajstić information content (AvgIpc) is 2.55. The maximum atomic E-state index is 12.1. The number of esters is 1. The van der Waals surface area contributed by atoms with Crippen molar-refractivity contribution in [3.05, 3.63) is 42.0 Å². The first-order chi connectivity index (χ1) is 11.3. The fourth-order valence-electron chi connectivity index (χ4n) is 1.91. The predicted octanol–water partition coefficient (Wildman–Crippen LogP) is 1.13. The fraction of sp³-hybridized carbons (Fsp3) is 0.353. The molecule has 0 spiro atoms. The van der Waals surface area contributed by atoms with E-state index in [0.29, 0.717) is 13.1 Å². The Balaban J connectivity index is 2.69. The molecule has 0 bridgehead atoms. The van der Waals surface area contributed by atoms with Crippen LogP contribution in [0, 0.1) is 0 Å². The summed E-state index contributed by atoms with van der Waals surface area (Å²) in [7, 11) is 0. The van der Waals surface area contributed by atoms with E-state index in [-0.39, 0.29) is 30.4 Å². The second-order valence-corrected chi connectivity index (χ2v) is 5.19. The van der Waals surface area contributed by atoms with Crippen LogP contribution < -0.4 is 10.5 Å². The molecular formula is C17H22N2O5. The van der Waals surface area contributed by atoms with Gasteiger partial charge in [0, 0.05) is 13.1 Å². The number of nitrogens with zero attached hydrogens (tertiary/aromatic N) is 1. The Kier molecular flexibility index (Phi) is 7.48. The van der Waals surface area contributed by atoms with E-state index in [2.05, 4.69) is 6.58 Å². The van der Waals surface area contributed by atoms with Crippen molar-refractivity contribution in [2.45, 2.75) is 13.8 Å². The van der Waals surface area contributed by atoms with Gasteiger partial charge in [0.25, 0.3) is 11.8 Å². The third-order valence-corrected chi connectivity index (χ3v) is 3.00. The van der Waals surface area contributed by atoms with Gasteiger partial charge in [-0.2, -0.15) is 0 Å². The van der Waals surface area contributed by atoms with Gasteiger partial charge >= 0.3 is 5.97 Å². The summed E-state index contributed by atoms with van der Waals surface area (Å²) in [6.07, 6.45) is 0. The largest absolute Gasteiger partial charge is 0.483 e. The van der Waals surface area contributed by atoms with Crippen molar-refractivity contribution in [2.75, 3.05) is 26.3 Å². The normalized spacial score (nSPS) is 9.92. The second kappa shape index (κ2) is 9.34. The summed E-state index contributed by atoms with van der Waals surface area (Å²) in [6, 6.07) is 6.26. The van der Waals surface area contributed by atoms with Crippen LogP contribution in [-0.2, 0) is 14.3 Å². The number of primary amides is 1. The number of carbonyl (C=O) groups is 3. The molecular weight excluding hydrogens is 312 g/mol. The van der Waals surface area contributed by atoms with Crippen molar-refractivity contribution in [2.24, 2.45) is 5.73 Å². The molecule has 24 heavy (non-hydrogen) atoms. The fourth-order valence-corrected chi connectivity index (χ4v) is 1.91. The van der Waals surface area contributed by atoms with Gasteiger partial charge < -0.3 is 20.1 Å². The highest BCUT2D eigenvalue weighted by atomic mass is 16.5. The van der Waals surface area contributed by atoms with Crippen molar-refractivity contribution in [3.63, 3.8) is 0 Å². The molecule has 1 aromatic carbocycles. The van der Waals surface area contributed by atoms with Crippen LogP contribution >= 0.6 is 0 Å². The van der Waals surface area contributed by atoms with Crippen LogP contribution in [0.3, 0.4) is 0 Å². The molecule has 0 fully saturated rings. The summed E-state index contributed by atoms with van der Waals surface area (Å²) in [5.41, 5.74) is 5.97. The number of para-hydroxylation sites is 1. The van der Waals surface area contributed by atoms with E-state index in [1.54, 1.807) is 12.1 Å². The first-order valence-electron chi connectivity index (χ1n) is 7.44. The van der Waals surface area contributed by atoms with E-state index in [1.807, 2.05) is 13.8 Å². The molecule has 2 amide bonds. The number of rotatable bonds is 9. The van der Waals surface area contributed by atoms with Crippen LogP contribution in [0.25, 0.3) is 0 Å². The molecule has 0 saturated heterocycles. The van der Waals surface area contributed by atoms with E-state index < -0.39 is 11.9 Å². The first-order valence-corrected chi connectivity index (χ1v) is 7.44. The van der Waals surface area contributed by atoms with Crippen molar-refractivity contribution >= 4 is 17.8 Å². The summed E-state index contributed by atoms with van der Waals surface area (Å²) in [5.74, 6) is -1.52. The molecule has 0 aliphatic carbocycles. The molecule has 2 N–H and O–H groups in total. The zero-order valence-electron chi connectivity index (χ0n) is 13.9. The molecule has 130 valence electrons. The Morgan fingerprint density at radius 1 is 1.21 bits per heavy atom. The van der Waals surface area contributed by atoms with E-state index >= 15 is 0 Å². The maximum absolute atomic E-state index is 12.1. The van der Waals surface area contributed by atoms with Crippen molar-refractivity contribution < 1.29 is 23.9 Å². The Bertz CT molecular complexity index is 627. The molecule has 7 nitrogen and oxygen atoms in total. The SMILES string of the molecule is C=C(C)CN(CC)C(=O)COC(=O)c1ccccc1OCC(N)=O. The molecule has 0 heterocycles. The summed E-state index contributed by atoms with van der Waals surface area (Å²) in [4.78, 5) is 36.5. The lowest BCUT2D eigenvalue weighted by Crippen LogP contribution is -2.35. The van der Waals surface area contributed by atoms with E-state index in [0.717, 1.165) is 5.57 Å². The quantitative estimate of drug-likeness (QED) is 0.539. The molecule has 0 radical (unpaired) electrons.